The molecule has 3 aromatic rings. The maximum absolute atomic E-state index is 3.46. The van der Waals surface area contributed by atoms with Gasteiger partial charge in [0.15, 0.2) is 0 Å². The molecule has 3 rings (SSSR count). The summed E-state index contributed by atoms with van der Waals surface area (Å²) in [4.78, 5) is 0. The first-order valence-electron chi connectivity index (χ1n) is 6.15. The molecule has 100 valence electrons. The van der Waals surface area contributed by atoms with Crippen molar-refractivity contribution in [1.82, 2.24) is 0 Å². The topological polar surface area (TPSA) is 0 Å². The van der Waals surface area contributed by atoms with Gasteiger partial charge in [0.1, 0.15) is 0 Å². The third-order valence-corrected chi connectivity index (χ3v) is 3.64. The van der Waals surface area contributed by atoms with E-state index >= 15 is 0 Å². The summed E-state index contributed by atoms with van der Waals surface area (Å²) in [6.07, 6.45) is 0. The predicted octanol–water partition coefficient (Wildman–Crippen LogP) is 2.21. The first kappa shape index (κ1) is 18.4. The fourth-order valence-electron chi connectivity index (χ4n) is 2.08. The molecular weight excluding hydrogens is 400 g/mol. The molecule has 0 nitrogen and oxygen atoms in total. The molecule has 0 aliphatic heterocycles. The Bertz CT molecular complexity index is 662. The van der Waals surface area contributed by atoms with Gasteiger partial charge in [0, 0.05) is 4.47 Å². The minimum Gasteiger partial charge on any atom is -1.00 e. The van der Waals surface area contributed by atoms with Gasteiger partial charge in [-0.3, -0.25) is 0 Å². The van der Waals surface area contributed by atoms with Crippen LogP contribution < -0.4 is 17.0 Å². The zero-order valence-corrected chi connectivity index (χ0v) is 16.0. The standard InChI is InChI=1S/C18H12Br.BrH.Mg/c19-18-12-10-17(11-13-18)16-8-6-15(7-9-16)14-4-2-1-3-5-14;;/h2-13H;1H;/q-1;;+2/p-1. The summed E-state index contributed by atoms with van der Waals surface area (Å²) < 4.78 is 1.11. The minimum absolute atomic E-state index is 0. The van der Waals surface area contributed by atoms with Gasteiger partial charge in [0.05, 0.1) is 0 Å². The summed E-state index contributed by atoms with van der Waals surface area (Å²) in [7, 11) is 0. The SMILES string of the molecule is Brc1ccc(-c2ccc(-c3cc[c-]cc3)cc2)cc1.[Br-].[Mg+2]. The predicted molar refractivity (Wildman–Crippen MR) is 89.6 cm³/mol. The van der Waals surface area contributed by atoms with Gasteiger partial charge in [-0.25, -0.2) is 0 Å². The Morgan fingerprint density at radius 2 is 0.905 bits per heavy atom. The van der Waals surface area contributed by atoms with E-state index in [0.717, 1.165) is 4.47 Å². The van der Waals surface area contributed by atoms with Crippen molar-refractivity contribution in [2.24, 2.45) is 0 Å². The van der Waals surface area contributed by atoms with E-state index in [1.807, 2.05) is 12.1 Å². The molecular formula is C18H12Br2Mg. The fraction of sp³-hybridized carbons (Fsp3) is 0. The van der Waals surface area contributed by atoms with Gasteiger partial charge in [0.25, 0.3) is 0 Å². The van der Waals surface area contributed by atoms with Gasteiger partial charge in [-0.05, 0) is 28.8 Å². The van der Waals surface area contributed by atoms with Gasteiger partial charge in [-0.15, -0.1) is 5.56 Å². The number of hydrogen-bond donors (Lipinski definition) is 0. The van der Waals surface area contributed by atoms with Crippen LogP contribution in [-0.4, -0.2) is 23.1 Å². The van der Waals surface area contributed by atoms with Crippen molar-refractivity contribution in [3.05, 3.63) is 83.3 Å². The summed E-state index contributed by atoms with van der Waals surface area (Å²) in [6.45, 7) is 0. The number of rotatable bonds is 2. The number of halogens is 2. The third kappa shape index (κ3) is 4.68. The first-order valence-corrected chi connectivity index (χ1v) is 6.95. The van der Waals surface area contributed by atoms with Crippen molar-refractivity contribution < 1.29 is 17.0 Å². The monoisotopic (exact) mass is 410 g/mol. The molecule has 0 unspecified atom stereocenters. The molecule has 0 saturated carbocycles. The molecule has 0 radical (unpaired) electrons. The van der Waals surface area contributed by atoms with Crippen LogP contribution >= 0.6 is 15.9 Å². The van der Waals surface area contributed by atoms with Crippen LogP contribution in [0.3, 0.4) is 0 Å². The summed E-state index contributed by atoms with van der Waals surface area (Å²) in [5.41, 5.74) is 4.92. The Balaban J connectivity index is 0.00000110. The molecule has 0 atom stereocenters. The van der Waals surface area contributed by atoms with Gasteiger partial charge < -0.3 is 17.0 Å². The van der Waals surface area contributed by atoms with Crippen LogP contribution in [0.4, 0.5) is 0 Å². The van der Waals surface area contributed by atoms with Gasteiger partial charge in [0.2, 0.25) is 0 Å². The van der Waals surface area contributed by atoms with E-state index < -0.39 is 0 Å². The van der Waals surface area contributed by atoms with E-state index in [1.165, 1.54) is 22.3 Å². The van der Waals surface area contributed by atoms with Crippen LogP contribution in [0.5, 0.6) is 0 Å². The number of hydrogen-bond acceptors (Lipinski definition) is 0. The Morgan fingerprint density at radius 3 is 1.33 bits per heavy atom. The molecule has 0 aliphatic carbocycles. The third-order valence-electron chi connectivity index (χ3n) is 3.11. The van der Waals surface area contributed by atoms with Crippen LogP contribution in [0.15, 0.2) is 77.3 Å². The van der Waals surface area contributed by atoms with Gasteiger partial charge in [-0.2, -0.15) is 30.3 Å². The van der Waals surface area contributed by atoms with E-state index in [1.54, 1.807) is 0 Å². The first-order chi connectivity index (χ1) is 9.33. The van der Waals surface area contributed by atoms with E-state index in [2.05, 4.69) is 82.7 Å². The van der Waals surface area contributed by atoms with E-state index in [0.29, 0.717) is 0 Å². The molecule has 0 saturated heterocycles. The Hall–Kier alpha value is -0.614. The van der Waals surface area contributed by atoms with Crippen molar-refractivity contribution in [3.63, 3.8) is 0 Å². The largest absolute Gasteiger partial charge is 2.00 e. The van der Waals surface area contributed by atoms with E-state index in [-0.39, 0.29) is 40.0 Å². The van der Waals surface area contributed by atoms with Crippen molar-refractivity contribution in [1.29, 1.82) is 0 Å². The van der Waals surface area contributed by atoms with Crippen LogP contribution in [-0.2, 0) is 0 Å². The molecule has 21 heavy (non-hydrogen) atoms. The molecule has 0 heterocycles. The molecule has 0 N–H and O–H groups in total. The number of benzene rings is 3. The van der Waals surface area contributed by atoms with Gasteiger partial charge in [-0.1, -0.05) is 52.3 Å². The molecule has 0 amide bonds. The van der Waals surface area contributed by atoms with Crippen LogP contribution in [0.1, 0.15) is 0 Å². The summed E-state index contributed by atoms with van der Waals surface area (Å²) >= 11 is 3.46. The maximum Gasteiger partial charge on any atom is 2.00 e. The van der Waals surface area contributed by atoms with Crippen LogP contribution in [0.2, 0.25) is 0 Å². The molecule has 0 fully saturated rings. The average Bonchev–Trinajstić information content (AvgIpc) is 2.49. The normalized spacial score (nSPS) is 9.38. The zero-order chi connectivity index (χ0) is 13.1. The average molecular weight is 412 g/mol. The molecule has 0 spiro atoms. The van der Waals surface area contributed by atoms with Crippen molar-refractivity contribution in [2.45, 2.75) is 0 Å². The quantitative estimate of drug-likeness (QED) is 0.447. The second-order valence-corrected chi connectivity index (χ2v) is 5.29. The maximum atomic E-state index is 3.46. The van der Waals surface area contributed by atoms with E-state index in [4.69, 9.17) is 0 Å². The van der Waals surface area contributed by atoms with Crippen LogP contribution in [0, 0.1) is 6.07 Å². The van der Waals surface area contributed by atoms with Crippen molar-refractivity contribution in [3.8, 4) is 22.3 Å². The fourth-order valence-corrected chi connectivity index (χ4v) is 2.34. The Kier molecular flexibility index (Phi) is 7.67. The van der Waals surface area contributed by atoms with Crippen LogP contribution in [0.25, 0.3) is 22.3 Å². The Morgan fingerprint density at radius 1 is 0.571 bits per heavy atom. The second-order valence-electron chi connectivity index (χ2n) is 4.37. The minimum atomic E-state index is 0. The Labute approximate surface area is 160 Å². The van der Waals surface area contributed by atoms with Crippen molar-refractivity contribution in [2.75, 3.05) is 0 Å². The molecule has 0 bridgehead atoms. The summed E-state index contributed by atoms with van der Waals surface area (Å²) in [5, 5.41) is 0. The molecule has 0 aliphatic rings. The molecule has 0 aromatic heterocycles. The smallest absolute Gasteiger partial charge is 1.00 e. The van der Waals surface area contributed by atoms with Crippen molar-refractivity contribution >= 4 is 39.0 Å². The summed E-state index contributed by atoms with van der Waals surface area (Å²) in [6, 6.07) is 28.1. The molecule has 3 heteroatoms. The second kappa shape index (κ2) is 8.74. The van der Waals surface area contributed by atoms with Gasteiger partial charge >= 0.3 is 23.1 Å². The zero-order valence-electron chi connectivity index (χ0n) is 11.4. The summed E-state index contributed by atoms with van der Waals surface area (Å²) in [5.74, 6) is 0. The van der Waals surface area contributed by atoms with E-state index in [9.17, 15) is 0 Å². The molecule has 3 aromatic carbocycles.